The van der Waals surface area contributed by atoms with Crippen molar-refractivity contribution >= 4 is 17.7 Å². The number of ether oxygens (including phenoxy) is 1. The summed E-state index contributed by atoms with van der Waals surface area (Å²) in [5, 5.41) is 14.4. The van der Waals surface area contributed by atoms with Crippen LogP contribution in [0.5, 0.6) is 0 Å². The first-order chi connectivity index (χ1) is 9.70. The van der Waals surface area contributed by atoms with Gasteiger partial charge in [0.2, 0.25) is 0 Å². The van der Waals surface area contributed by atoms with E-state index >= 15 is 0 Å². The maximum absolute atomic E-state index is 11.6. The summed E-state index contributed by atoms with van der Waals surface area (Å²) in [6.45, 7) is 2.53. The van der Waals surface area contributed by atoms with Crippen LogP contribution in [0.25, 0.3) is 0 Å². The molecule has 1 aromatic carbocycles. The van der Waals surface area contributed by atoms with Crippen molar-refractivity contribution in [2.75, 3.05) is 6.54 Å². The van der Waals surface area contributed by atoms with E-state index in [-0.39, 0.29) is 6.54 Å². The molecule has 8 heteroatoms. The highest BCUT2D eigenvalue weighted by Crippen LogP contribution is 2.26. The summed E-state index contributed by atoms with van der Waals surface area (Å²) in [5.74, 6) is 0. The zero-order chi connectivity index (χ0) is 14.4. The van der Waals surface area contributed by atoms with Gasteiger partial charge in [0.1, 0.15) is 6.54 Å². The molecule has 0 saturated heterocycles. The monoisotopic (exact) mass is 295 g/mol. The number of aromatic nitrogens is 4. The van der Waals surface area contributed by atoms with Gasteiger partial charge in [-0.25, -0.2) is 4.79 Å². The van der Waals surface area contributed by atoms with Crippen LogP contribution in [-0.2, 0) is 11.3 Å². The number of benzene rings is 1. The van der Waals surface area contributed by atoms with Gasteiger partial charge in [0, 0.05) is 17.1 Å². The van der Waals surface area contributed by atoms with Gasteiger partial charge in [0.05, 0.1) is 0 Å². The van der Waals surface area contributed by atoms with Crippen molar-refractivity contribution < 1.29 is 9.53 Å². The van der Waals surface area contributed by atoms with Crippen LogP contribution >= 0.6 is 11.6 Å². The van der Waals surface area contributed by atoms with Gasteiger partial charge < -0.3 is 10.1 Å². The van der Waals surface area contributed by atoms with E-state index < -0.39 is 12.2 Å². The minimum atomic E-state index is -0.593. The molecule has 1 aromatic heterocycles. The minimum Gasteiger partial charge on any atom is -0.439 e. The maximum Gasteiger partial charge on any atom is 0.407 e. The fourth-order valence-electron chi connectivity index (χ4n) is 1.67. The second-order valence-electron chi connectivity index (χ2n) is 3.94. The van der Waals surface area contributed by atoms with E-state index in [0.29, 0.717) is 17.1 Å². The molecule has 0 saturated carbocycles. The number of hydrogen-bond donors (Lipinski definition) is 1. The first-order valence-electron chi connectivity index (χ1n) is 6.10. The second kappa shape index (κ2) is 6.85. The molecule has 1 heterocycles. The Morgan fingerprint density at radius 3 is 2.95 bits per heavy atom. The number of nitrogens with one attached hydrogen (secondary N) is 1. The third-order valence-electron chi connectivity index (χ3n) is 2.54. The average Bonchev–Trinajstić information content (AvgIpc) is 2.92. The van der Waals surface area contributed by atoms with Crippen molar-refractivity contribution in [3.63, 3.8) is 0 Å². The van der Waals surface area contributed by atoms with Gasteiger partial charge in [-0.05, 0) is 18.2 Å². The SMILES string of the molecule is CCNC(=O)OC(Cn1ncnn1)c1ccccc1Cl. The third kappa shape index (κ3) is 3.67. The molecule has 0 aliphatic heterocycles. The smallest absolute Gasteiger partial charge is 0.407 e. The van der Waals surface area contributed by atoms with Crippen LogP contribution in [0.4, 0.5) is 4.79 Å². The molecule has 0 radical (unpaired) electrons. The van der Waals surface area contributed by atoms with Crippen LogP contribution in [-0.4, -0.2) is 32.8 Å². The van der Waals surface area contributed by atoms with E-state index in [0.717, 1.165) is 0 Å². The first-order valence-corrected chi connectivity index (χ1v) is 6.48. The number of halogens is 1. The van der Waals surface area contributed by atoms with Gasteiger partial charge in [0.25, 0.3) is 0 Å². The third-order valence-corrected chi connectivity index (χ3v) is 2.89. The summed E-state index contributed by atoms with van der Waals surface area (Å²) < 4.78 is 5.37. The molecule has 1 amide bonds. The molecule has 106 valence electrons. The molecule has 0 spiro atoms. The summed E-state index contributed by atoms with van der Waals surface area (Å²) >= 11 is 6.14. The van der Waals surface area contributed by atoms with Gasteiger partial charge in [-0.1, -0.05) is 29.8 Å². The Kier molecular flexibility index (Phi) is 4.89. The number of rotatable bonds is 5. The van der Waals surface area contributed by atoms with Crippen LogP contribution in [0, 0.1) is 0 Å². The topological polar surface area (TPSA) is 81.9 Å². The van der Waals surface area contributed by atoms with Gasteiger partial charge in [-0.15, -0.1) is 10.2 Å². The highest BCUT2D eigenvalue weighted by atomic mass is 35.5. The number of hydrogen-bond acceptors (Lipinski definition) is 5. The van der Waals surface area contributed by atoms with Crippen molar-refractivity contribution in [2.24, 2.45) is 0 Å². The second-order valence-corrected chi connectivity index (χ2v) is 4.34. The first kappa shape index (κ1) is 14.3. The highest BCUT2D eigenvalue weighted by molar-refractivity contribution is 6.31. The zero-order valence-corrected chi connectivity index (χ0v) is 11.6. The maximum atomic E-state index is 11.6. The zero-order valence-electron chi connectivity index (χ0n) is 10.9. The van der Waals surface area contributed by atoms with Crippen LogP contribution < -0.4 is 5.32 Å². The van der Waals surface area contributed by atoms with E-state index in [1.54, 1.807) is 12.1 Å². The van der Waals surface area contributed by atoms with Gasteiger partial charge in [-0.2, -0.15) is 4.80 Å². The van der Waals surface area contributed by atoms with Crippen molar-refractivity contribution in [2.45, 2.75) is 19.6 Å². The lowest BCUT2D eigenvalue weighted by atomic mass is 10.1. The van der Waals surface area contributed by atoms with Crippen LogP contribution in [0.3, 0.4) is 0 Å². The number of nitrogens with zero attached hydrogens (tertiary/aromatic N) is 4. The van der Waals surface area contributed by atoms with E-state index in [2.05, 4.69) is 20.7 Å². The predicted molar refractivity (Wildman–Crippen MR) is 72.2 cm³/mol. The van der Waals surface area contributed by atoms with E-state index in [4.69, 9.17) is 16.3 Å². The van der Waals surface area contributed by atoms with Crippen LogP contribution in [0.15, 0.2) is 30.6 Å². The van der Waals surface area contributed by atoms with Gasteiger partial charge >= 0.3 is 6.09 Å². The van der Waals surface area contributed by atoms with Crippen molar-refractivity contribution in [3.05, 3.63) is 41.2 Å². The molecule has 0 bridgehead atoms. The van der Waals surface area contributed by atoms with E-state index in [1.165, 1.54) is 11.1 Å². The highest BCUT2D eigenvalue weighted by Gasteiger charge is 2.20. The van der Waals surface area contributed by atoms with Crippen molar-refractivity contribution in [1.82, 2.24) is 25.5 Å². The normalized spacial score (nSPS) is 11.9. The molecule has 20 heavy (non-hydrogen) atoms. The summed E-state index contributed by atoms with van der Waals surface area (Å²) in [6, 6.07) is 7.16. The molecular formula is C12H14ClN5O2. The van der Waals surface area contributed by atoms with Crippen molar-refractivity contribution in [1.29, 1.82) is 0 Å². The lowest BCUT2D eigenvalue weighted by Crippen LogP contribution is -2.27. The number of carbonyl (C=O) groups excluding carboxylic acids is 1. The minimum absolute atomic E-state index is 0.237. The Labute approximate surface area is 120 Å². The number of carbonyl (C=O) groups is 1. The molecule has 0 aliphatic rings. The number of amides is 1. The summed E-state index contributed by atoms with van der Waals surface area (Å²) in [7, 11) is 0. The molecule has 2 aromatic rings. The number of tetrazole rings is 1. The van der Waals surface area contributed by atoms with Crippen molar-refractivity contribution in [3.8, 4) is 0 Å². The Morgan fingerprint density at radius 2 is 2.30 bits per heavy atom. The molecule has 1 N–H and O–H groups in total. The molecule has 1 atom stereocenters. The van der Waals surface area contributed by atoms with Crippen LogP contribution in [0.1, 0.15) is 18.6 Å². The molecular weight excluding hydrogens is 282 g/mol. The Hall–Kier alpha value is -2.15. The summed E-state index contributed by atoms with van der Waals surface area (Å²) in [5.41, 5.74) is 0.692. The fourth-order valence-corrected chi connectivity index (χ4v) is 1.93. The van der Waals surface area contributed by atoms with E-state index in [1.807, 2.05) is 19.1 Å². The summed E-state index contributed by atoms with van der Waals surface area (Å²) in [4.78, 5) is 13.0. The number of alkyl carbamates (subject to hydrolysis) is 1. The van der Waals surface area contributed by atoms with Gasteiger partial charge in [-0.3, -0.25) is 0 Å². The van der Waals surface area contributed by atoms with E-state index in [9.17, 15) is 4.79 Å². The Balaban J connectivity index is 2.19. The molecule has 7 nitrogen and oxygen atoms in total. The molecule has 0 aliphatic carbocycles. The lowest BCUT2D eigenvalue weighted by Gasteiger charge is -2.18. The largest absolute Gasteiger partial charge is 0.439 e. The summed E-state index contributed by atoms with van der Waals surface area (Å²) in [6.07, 6.45) is 0.206. The molecule has 0 fully saturated rings. The van der Waals surface area contributed by atoms with Gasteiger partial charge in [0.15, 0.2) is 12.4 Å². The standard InChI is InChI=1S/C12H14ClN5O2/c1-2-14-12(19)20-11(7-18-16-8-15-17-18)9-5-3-4-6-10(9)13/h3-6,8,11H,2,7H2,1H3,(H,14,19). The Bertz CT molecular complexity index is 561. The quantitative estimate of drug-likeness (QED) is 0.910. The van der Waals surface area contributed by atoms with Crippen LogP contribution in [0.2, 0.25) is 5.02 Å². The molecule has 2 rings (SSSR count). The fraction of sp³-hybridized carbons (Fsp3) is 0.333. The average molecular weight is 296 g/mol. The molecule has 1 unspecified atom stereocenters. The predicted octanol–water partition coefficient (Wildman–Crippen LogP) is 1.81. The Morgan fingerprint density at radius 1 is 1.50 bits per heavy atom. The lowest BCUT2D eigenvalue weighted by molar-refractivity contribution is 0.0825.